The molecule has 3 rings (SSSR count). The second-order valence-corrected chi connectivity index (χ2v) is 9.44. The number of carbonyl (C=O) groups is 2. The number of nitrogens with one attached hydrogen (secondary N) is 2. The van der Waals surface area contributed by atoms with Gasteiger partial charge in [-0.3, -0.25) is 14.3 Å². The minimum atomic E-state index is -3.36. The third-order valence-corrected chi connectivity index (χ3v) is 5.58. The highest BCUT2D eigenvalue weighted by Crippen LogP contribution is 2.17. The number of nitrogens with zero attached hydrogens (tertiary/aromatic N) is 1. The van der Waals surface area contributed by atoms with E-state index in [1.165, 1.54) is 0 Å². The van der Waals surface area contributed by atoms with E-state index in [0.717, 1.165) is 11.8 Å². The molecule has 1 saturated heterocycles. The number of benzene rings is 2. The van der Waals surface area contributed by atoms with Gasteiger partial charge in [-0.05, 0) is 56.2 Å². The molecule has 0 spiro atoms. The van der Waals surface area contributed by atoms with Gasteiger partial charge in [0, 0.05) is 30.4 Å². The molecule has 1 aliphatic rings. The van der Waals surface area contributed by atoms with Crippen LogP contribution < -0.4 is 14.8 Å². The number of sulfonamides is 1. The van der Waals surface area contributed by atoms with Crippen molar-refractivity contribution in [3.05, 3.63) is 59.7 Å². The molecule has 9 heteroatoms. The van der Waals surface area contributed by atoms with Gasteiger partial charge in [-0.1, -0.05) is 17.7 Å². The Morgan fingerprint density at radius 2 is 1.65 bits per heavy atom. The van der Waals surface area contributed by atoms with E-state index < -0.39 is 10.0 Å². The van der Waals surface area contributed by atoms with Crippen LogP contribution in [0.1, 0.15) is 28.8 Å². The van der Waals surface area contributed by atoms with Crippen molar-refractivity contribution in [3.8, 4) is 5.75 Å². The first-order chi connectivity index (χ1) is 14.7. The highest BCUT2D eigenvalue weighted by Gasteiger charge is 2.24. The first-order valence-corrected chi connectivity index (χ1v) is 11.9. The number of carbonyl (C=O) groups excluding carboxylic acids is 2. The molecule has 2 N–H and O–H groups in total. The topological polar surface area (TPSA) is 105 Å². The molecule has 1 heterocycles. The van der Waals surface area contributed by atoms with Crippen molar-refractivity contribution in [2.24, 2.45) is 0 Å². The highest BCUT2D eigenvalue weighted by molar-refractivity contribution is 7.92. The third kappa shape index (κ3) is 6.99. The third-order valence-electron chi connectivity index (χ3n) is 4.97. The number of ether oxygens (including phenoxy) is 1. The number of anilines is 1. The number of piperidine rings is 1. The van der Waals surface area contributed by atoms with Gasteiger partial charge in [0.25, 0.3) is 11.8 Å². The molecule has 0 aliphatic carbocycles. The number of rotatable bonds is 7. The summed E-state index contributed by atoms with van der Waals surface area (Å²) in [5.41, 5.74) is 2.03. The molecule has 0 radical (unpaired) electrons. The molecule has 1 aliphatic heterocycles. The summed E-state index contributed by atoms with van der Waals surface area (Å²) in [6, 6.07) is 13.8. The van der Waals surface area contributed by atoms with Crippen molar-refractivity contribution in [1.29, 1.82) is 0 Å². The van der Waals surface area contributed by atoms with Gasteiger partial charge in [0.2, 0.25) is 10.0 Å². The summed E-state index contributed by atoms with van der Waals surface area (Å²) in [5.74, 6) is 0.358. The first-order valence-electron chi connectivity index (χ1n) is 10.1. The first kappa shape index (κ1) is 22.6. The Bertz CT molecular complexity index is 1010. The van der Waals surface area contributed by atoms with Gasteiger partial charge in [-0.2, -0.15) is 0 Å². The molecular formula is C22H27N3O5S. The molecule has 0 atom stereocenters. The lowest BCUT2D eigenvalue weighted by atomic mass is 10.0. The van der Waals surface area contributed by atoms with Gasteiger partial charge < -0.3 is 15.0 Å². The Morgan fingerprint density at radius 3 is 2.23 bits per heavy atom. The van der Waals surface area contributed by atoms with Crippen LogP contribution in [0.4, 0.5) is 5.69 Å². The van der Waals surface area contributed by atoms with Crippen LogP contribution in [0.25, 0.3) is 0 Å². The molecule has 2 amide bonds. The van der Waals surface area contributed by atoms with Crippen molar-refractivity contribution < 1.29 is 22.7 Å². The fraction of sp³-hybridized carbons (Fsp3) is 0.364. The molecule has 31 heavy (non-hydrogen) atoms. The zero-order valence-electron chi connectivity index (χ0n) is 17.6. The fourth-order valence-electron chi connectivity index (χ4n) is 3.36. The quantitative estimate of drug-likeness (QED) is 0.680. The zero-order valence-corrected chi connectivity index (χ0v) is 18.4. The summed E-state index contributed by atoms with van der Waals surface area (Å²) >= 11 is 0. The average Bonchev–Trinajstić information content (AvgIpc) is 2.73. The lowest BCUT2D eigenvalue weighted by molar-refractivity contribution is -0.124. The molecular weight excluding hydrogens is 418 g/mol. The van der Waals surface area contributed by atoms with Crippen molar-refractivity contribution >= 4 is 27.5 Å². The van der Waals surface area contributed by atoms with Crippen molar-refractivity contribution in [2.75, 3.05) is 30.7 Å². The number of likely N-dealkylation sites (tertiary alicyclic amines) is 1. The molecule has 0 saturated carbocycles. The highest BCUT2D eigenvalue weighted by atomic mass is 32.2. The summed E-state index contributed by atoms with van der Waals surface area (Å²) in [6.07, 6.45) is 2.40. The summed E-state index contributed by atoms with van der Waals surface area (Å²) < 4.78 is 30.4. The molecule has 2 aromatic rings. The Labute approximate surface area is 182 Å². The molecule has 1 fully saturated rings. The second kappa shape index (κ2) is 9.82. The maximum Gasteiger partial charge on any atom is 0.258 e. The molecule has 166 valence electrons. The molecule has 0 aromatic heterocycles. The number of hydrogen-bond donors (Lipinski definition) is 2. The van der Waals surface area contributed by atoms with Gasteiger partial charge in [0.15, 0.2) is 6.61 Å². The molecule has 8 nitrogen and oxygen atoms in total. The van der Waals surface area contributed by atoms with Crippen LogP contribution >= 0.6 is 0 Å². The lowest BCUT2D eigenvalue weighted by Crippen LogP contribution is -2.47. The summed E-state index contributed by atoms with van der Waals surface area (Å²) in [5, 5.41) is 2.96. The van der Waals surface area contributed by atoms with Gasteiger partial charge >= 0.3 is 0 Å². The van der Waals surface area contributed by atoms with Crippen LogP contribution in [-0.4, -0.2) is 57.1 Å². The predicted molar refractivity (Wildman–Crippen MR) is 119 cm³/mol. The van der Waals surface area contributed by atoms with E-state index in [4.69, 9.17) is 4.74 Å². The number of aryl methyl sites for hydroxylation is 1. The average molecular weight is 446 g/mol. The van der Waals surface area contributed by atoms with E-state index >= 15 is 0 Å². The molecule has 0 bridgehead atoms. The minimum Gasteiger partial charge on any atom is -0.484 e. The normalized spacial score (nSPS) is 14.7. The van der Waals surface area contributed by atoms with E-state index in [1.807, 2.05) is 31.2 Å². The van der Waals surface area contributed by atoms with Crippen LogP contribution in [0.5, 0.6) is 5.75 Å². The van der Waals surface area contributed by atoms with Crippen LogP contribution in [0.2, 0.25) is 0 Å². The Hall–Kier alpha value is -3.07. The van der Waals surface area contributed by atoms with Gasteiger partial charge in [0.05, 0.1) is 6.26 Å². The second-order valence-electron chi connectivity index (χ2n) is 7.69. The van der Waals surface area contributed by atoms with Crippen molar-refractivity contribution in [3.63, 3.8) is 0 Å². The maximum atomic E-state index is 12.7. The molecule has 0 unspecified atom stereocenters. The lowest BCUT2D eigenvalue weighted by Gasteiger charge is -2.32. The Balaban J connectivity index is 1.43. The van der Waals surface area contributed by atoms with E-state index in [0.29, 0.717) is 42.9 Å². The summed E-state index contributed by atoms with van der Waals surface area (Å²) in [7, 11) is -3.36. The van der Waals surface area contributed by atoms with Gasteiger partial charge in [-0.15, -0.1) is 0 Å². The number of amides is 2. The monoisotopic (exact) mass is 445 g/mol. The molecule has 2 aromatic carbocycles. The Kier molecular flexibility index (Phi) is 7.17. The van der Waals surface area contributed by atoms with Gasteiger partial charge in [0.1, 0.15) is 5.75 Å². The van der Waals surface area contributed by atoms with Crippen molar-refractivity contribution in [1.82, 2.24) is 10.2 Å². The maximum absolute atomic E-state index is 12.7. The van der Waals surface area contributed by atoms with E-state index in [-0.39, 0.29) is 24.5 Å². The van der Waals surface area contributed by atoms with Crippen molar-refractivity contribution in [2.45, 2.75) is 25.8 Å². The summed E-state index contributed by atoms with van der Waals surface area (Å²) in [6.45, 7) is 3.01. The number of hydrogen-bond acceptors (Lipinski definition) is 5. The standard InChI is InChI=1S/C22H27N3O5S/c1-16-3-9-20(10-4-16)30-15-21(26)23-18-11-13-25(14-12-18)22(27)17-5-7-19(8-6-17)24-31(2,28)29/h3-10,18,24H,11-15H2,1-2H3,(H,23,26). The zero-order chi connectivity index (χ0) is 22.4. The predicted octanol–water partition coefficient (Wildman–Crippen LogP) is 2.17. The van der Waals surface area contributed by atoms with E-state index in [2.05, 4.69) is 10.0 Å². The SMILES string of the molecule is Cc1ccc(OCC(=O)NC2CCN(C(=O)c3ccc(NS(C)(=O)=O)cc3)CC2)cc1. The smallest absolute Gasteiger partial charge is 0.258 e. The van der Waals surface area contributed by atoms with E-state index in [1.54, 1.807) is 29.2 Å². The minimum absolute atomic E-state index is 0.000459. The van der Waals surface area contributed by atoms with Crippen LogP contribution in [0.15, 0.2) is 48.5 Å². The largest absolute Gasteiger partial charge is 0.484 e. The summed E-state index contributed by atoms with van der Waals surface area (Å²) in [4.78, 5) is 26.6. The van der Waals surface area contributed by atoms with Crippen LogP contribution in [-0.2, 0) is 14.8 Å². The van der Waals surface area contributed by atoms with Crippen LogP contribution in [0.3, 0.4) is 0 Å². The van der Waals surface area contributed by atoms with E-state index in [9.17, 15) is 18.0 Å². The fourth-order valence-corrected chi connectivity index (χ4v) is 3.92. The van der Waals surface area contributed by atoms with Gasteiger partial charge in [-0.25, -0.2) is 8.42 Å². The Morgan fingerprint density at radius 1 is 1.03 bits per heavy atom. The van der Waals surface area contributed by atoms with Crippen LogP contribution in [0, 0.1) is 6.92 Å².